The normalized spacial score (nSPS) is 16.0. The SMILES string of the molecule is c1ccc(CCCOCCCNC2CCCC2)cc1. The zero-order chi connectivity index (χ0) is 13.2. The highest BCUT2D eigenvalue weighted by molar-refractivity contribution is 5.14. The van der Waals surface area contributed by atoms with Crippen molar-refractivity contribution in [1.82, 2.24) is 5.32 Å². The summed E-state index contributed by atoms with van der Waals surface area (Å²) in [4.78, 5) is 0. The van der Waals surface area contributed by atoms with Crippen LogP contribution in [0.4, 0.5) is 0 Å². The molecule has 0 heterocycles. The number of nitrogens with one attached hydrogen (secondary N) is 1. The van der Waals surface area contributed by atoms with Crippen molar-refractivity contribution in [2.75, 3.05) is 19.8 Å². The van der Waals surface area contributed by atoms with Crippen LogP contribution < -0.4 is 5.32 Å². The van der Waals surface area contributed by atoms with E-state index < -0.39 is 0 Å². The number of aryl methyl sites for hydroxylation is 1. The first-order chi connectivity index (χ1) is 9.45. The number of hydrogen-bond donors (Lipinski definition) is 1. The molecule has 2 nitrogen and oxygen atoms in total. The third kappa shape index (κ3) is 6.22. The summed E-state index contributed by atoms with van der Waals surface area (Å²) in [5, 5.41) is 3.62. The fourth-order valence-electron chi connectivity index (χ4n) is 2.74. The quantitative estimate of drug-likeness (QED) is 0.686. The minimum atomic E-state index is 0.790. The highest BCUT2D eigenvalue weighted by atomic mass is 16.5. The molecule has 1 aliphatic rings. The maximum absolute atomic E-state index is 5.68. The van der Waals surface area contributed by atoms with Crippen molar-refractivity contribution in [3.05, 3.63) is 35.9 Å². The first kappa shape index (κ1) is 14.5. The first-order valence-corrected chi connectivity index (χ1v) is 7.80. The Balaban J connectivity index is 1.38. The molecule has 1 aromatic carbocycles. The molecule has 0 unspecified atom stereocenters. The second-order valence-electron chi connectivity index (χ2n) is 5.49. The predicted octanol–water partition coefficient (Wildman–Crippen LogP) is 3.56. The van der Waals surface area contributed by atoms with Crippen LogP contribution in [0.1, 0.15) is 44.1 Å². The van der Waals surface area contributed by atoms with Crippen molar-refractivity contribution in [2.24, 2.45) is 0 Å². The van der Waals surface area contributed by atoms with Gasteiger partial charge in [-0.3, -0.25) is 0 Å². The molecule has 106 valence electrons. The maximum Gasteiger partial charge on any atom is 0.0478 e. The fraction of sp³-hybridized carbons (Fsp3) is 0.647. The van der Waals surface area contributed by atoms with E-state index in [-0.39, 0.29) is 0 Å². The summed E-state index contributed by atoms with van der Waals surface area (Å²) in [6.07, 6.45) is 8.96. The molecule has 0 aromatic heterocycles. The van der Waals surface area contributed by atoms with Crippen LogP contribution in [0.15, 0.2) is 30.3 Å². The third-order valence-electron chi connectivity index (χ3n) is 3.85. The molecular formula is C17H27NO. The Hall–Kier alpha value is -0.860. The molecule has 19 heavy (non-hydrogen) atoms. The smallest absolute Gasteiger partial charge is 0.0478 e. The molecular weight excluding hydrogens is 234 g/mol. The van der Waals surface area contributed by atoms with Crippen LogP contribution in [0, 0.1) is 0 Å². The average molecular weight is 261 g/mol. The fourth-order valence-corrected chi connectivity index (χ4v) is 2.74. The van der Waals surface area contributed by atoms with Gasteiger partial charge in [0.05, 0.1) is 0 Å². The number of rotatable bonds is 9. The van der Waals surface area contributed by atoms with E-state index in [4.69, 9.17) is 4.74 Å². The molecule has 1 fully saturated rings. The molecule has 1 saturated carbocycles. The molecule has 0 spiro atoms. The molecule has 0 aliphatic heterocycles. The van der Waals surface area contributed by atoms with E-state index >= 15 is 0 Å². The Morgan fingerprint density at radius 1 is 1.00 bits per heavy atom. The van der Waals surface area contributed by atoms with Crippen molar-refractivity contribution < 1.29 is 4.74 Å². The number of benzene rings is 1. The Labute approximate surface area is 117 Å². The average Bonchev–Trinajstić information content (AvgIpc) is 2.96. The molecule has 0 radical (unpaired) electrons. The van der Waals surface area contributed by atoms with Crippen molar-refractivity contribution >= 4 is 0 Å². The molecule has 0 saturated heterocycles. The zero-order valence-corrected chi connectivity index (χ0v) is 11.9. The third-order valence-corrected chi connectivity index (χ3v) is 3.85. The van der Waals surface area contributed by atoms with Gasteiger partial charge in [-0.15, -0.1) is 0 Å². The van der Waals surface area contributed by atoms with E-state index in [0.29, 0.717) is 0 Å². The van der Waals surface area contributed by atoms with Gasteiger partial charge in [0.25, 0.3) is 0 Å². The van der Waals surface area contributed by atoms with Gasteiger partial charge < -0.3 is 10.1 Å². The van der Waals surface area contributed by atoms with Gasteiger partial charge >= 0.3 is 0 Å². The van der Waals surface area contributed by atoms with Crippen LogP contribution in [0.2, 0.25) is 0 Å². The Morgan fingerprint density at radius 3 is 2.53 bits per heavy atom. The Bertz CT molecular complexity index is 319. The van der Waals surface area contributed by atoms with Gasteiger partial charge in [0, 0.05) is 19.3 Å². The van der Waals surface area contributed by atoms with Crippen LogP contribution in [-0.4, -0.2) is 25.8 Å². The lowest BCUT2D eigenvalue weighted by Crippen LogP contribution is -2.27. The highest BCUT2D eigenvalue weighted by Gasteiger charge is 2.12. The van der Waals surface area contributed by atoms with E-state index in [1.54, 1.807) is 0 Å². The summed E-state index contributed by atoms with van der Waals surface area (Å²) in [6, 6.07) is 11.4. The molecule has 1 N–H and O–H groups in total. The van der Waals surface area contributed by atoms with Gasteiger partial charge in [-0.25, -0.2) is 0 Å². The monoisotopic (exact) mass is 261 g/mol. The van der Waals surface area contributed by atoms with Crippen LogP contribution in [0.3, 0.4) is 0 Å². The second kappa shape index (κ2) is 9.11. The van der Waals surface area contributed by atoms with Crippen LogP contribution in [0.5, 0.6) is 0 Å². The minimum absolute atomic E-state index is 0.790. The molecule has 1 aliphatic carbocycles. The summed E-state index contributed by atoms with van der Waals surface area (Å²) in [6.45, 7) is 2.90. The van der Waals surface area contributed by atoms with E-state index in [1.807, 2.05) is 0 Å². The van der Waals surface area contributed by atoms with Gasteiger partial charge in [0.2, 0.25) is 0 Å². The van der Waals surface area contributed by atoms with E-state index in [0.717, 1.165) is 45.1 Å². The molecule has 2 heteroatoms. The van der Waals surface area contributed by atoms with Crippen molar-refractivity contribution in [2.45, 2.75) is 51.0 Å². The maximum atomic E-state index is 5.68. The lowest BCUT2D eigenvalue weighted by atomic mass is 10.1. The van der Waals surface area contributed by atoms with E-state index in [9.17, 15) is 0 Å². The van der Waals surface area contributed by atoms with Crippen LogP contribution >= 0.6 is 0 Å². The number of hydrogen-bond acceptors (Lipinski definition) is 2. The highest BCUT2D eigenvalue weighted by Crippen LogP contribution is 2.17. The molecule has 2 rings (SSSR count). The van der Waals surface area contributed by atoms with Gasteiger partial charge in [-0.1, -0.05) is 43.2 Å². The summed E-state index contributed by atoms with van der Waals surface area (Å²) in [5.74, 6) is 0. The summed E-state index contributed by atoms with van der Waals surface area (Å²) in [5.41, 5.74) is 1.41. The Morgan fingerprint density at radius 2 is 1.74 bits per heavy atom. The van der Waals surface area contributed by atoms with Gasteiger partial charge in [-0.05, 0) is 44.2 Å². The Kier molecular flexibility index (Phi) is 6.97. The number of ether oxygens (including phenoxy) is 1. The van der Waals surface area contributed by atoms with E-state index in [1.165, 1.54) is 31.2 Å². The standard InChI is InChI=1S/C17H27NO/c1-2-8-16(9-3-1)10-6-14-19-15-7-13-18-17-11-4-5-12-17/h1-3,8-9,17-18H,4-7,10-15H2. The summed E-state index contributed by atoms with van der Waals surface area (Å²) >= 11 is 0. The predicted molar refractivity (Wildman–Crippen MR) is 80.5 cm³/mol. The van der Waals surface area contributed by atoms with E-state index in [2.05, 4.69) is 35.6 Å². The largest absolute Gasteiger partial charge is 0.381 e. The molecule has 0 bridgehead atoms. The molecule has 1 aromatic rings. The first-order valence-electron chi connectivity index (χ1n) is 7.80. The van der Waals surface area contributed by atoms with Crippen molar-refractivity contribution in [3.63, 3.8) is 0 Å². The minimum Gasteiger partial charge on any atom is -0.381 e. The van der Waals surface area contributed by atoms with Crippen molar-refractivity contribution in [1.29, 1.82) is 0 Å². The molecule has 0 atom stereocenters. The van der Waals surface area contributed by atoms with Crippen LogP contribution in [0.25, 0.3) is 0 Å². The second-order valence-corrected chi connectivity index (χ2v) is 5.49. The lowest BCUT2D eigenvalue weighted by Gasteiger charge is -2.11. The summed E-state index contributed by atoms with van der Waals surface area (Å²) in [7, 11) is 0. The zero-order valence-electron chi connectivity index (χ0n) is 11.9. The topological polar surface area (TPSA) is 21.3 Å². The van der Waals surface area contributed by atoms with Crippen LogP contribution in [-0.2, 0) is 11.2 Å². The van der Waals surface area contributed by atoms with Gasteiger partial charge in [-0.2, -0.15) is 0 Å². The molecule has 0 amide bonds. The van der Waals surface area contributed by atoms with Crippen molar-refractivity contribution in [3.8, 4) is 0 Å². The lowest BCUT2D eigenvalue weighted by molar-refractivity contribution is 0.129. The summed E-state index contributed by atoms with van der Waals surface area (Å²) < 4.78 is 5.68. The van der Waals surface area contributed by atoms with Gasteiger partial charge in [0.15, 0.2) is 0 Å². The van der Waals surface area contributed by atoms with Gasteiger partial charge in [0.1, 0.15) is 0 Å².